The lowest BCUT2D eigenvalue weighted by atomic mass is 10.1. The molecule has 2 saturated heterocycles. The molecule has 1 aromatic carbocycles. The summed E-state index contributed by atoms with van der Waals surface area (Å²) in [6.45, 7) is 3.52. The highest BCUT2D eigenvalue weighted by Crippen LogP contribution is 2.36. The lowest BCUT2D eigenvalue weighted by Gasteiger charge is -2.29. The Morgan fingerprint density at radius 3 is 2.68 bits per heavy atom. The fourth-order valence-corrected chi connectivity index (χ4v) is 5.90. The van der Waals surface area contributed by atoms with Crippen LogP contribution >= 0.6 is 0 Å². The Labute approximate surface area is 164 Å². The maximum Gasteiger partial charge on any atom is 0.228 e. The molecule has 0 bridgehead atoms. The summed E-state index contributed by atoms with van der Waals surface area (Å²) in [5.41, 5.74) is 0.677. The van der Waals surface area contributed by atoms with Crippen molar-refractivity contribution in [2.75, 3.05) is 42.7 Å². The fourth-order valence-electron chi connectivity index (χ4n) is 4.17. The van der Waals surface area contributed by atoms with Gasteiger partial charge in [0.15, 0.2) is 21.3 Å². The predicted molar refractivity (Wildman–Crippen MR) is 102 cm³/mol. The lowest BCUT2D eigenvalue weighted by molar-refractivity contribution is -0.137. The van der Waals surface area contributed by atoms with E-state index in [2.05, 4.69) is 0 Å². The van der Waals surface area contributed by atoms with Crippen LogP contribution < -0.4 is 14.4 Å². The summed E-state index contributed by atoms with van der Waals surface area (Å²) in [6, 6.07) is 5.04. The number of benzene rings is 1. The van der Waals surface area contributed by atoms with Gasteiger partial charge in [0.05, 0.1) is 17.4 Å². The Balaban J connectivity index is 1.49. The fraction of sp³-hybridized carbons (Fsp3) is 0.579. The standard InChI is InChI=1S/C19H24N2O6S/c1-2-20(15-5-8-28(24,25)12-15)19(23)13-9-18(22)21(11-13)14-3-4-16-17(10-14)27-7-6-26-16/h3-4,10,13,15H,2,5-9,11-12H2,1H3/t13-,15-/m1/s1. The van der Waals surface area contributed by atoms with Crippen LogP contribution in [0.15, 0.2) is 18.2 Å². The predicted octanol–water partition coefficient (Wildman–Crippen LogP) is 0.846. The van der Waals surface area contributed by atoms with Gasteiger partial charge in [-0.3, -0.25) is 9.59 Å². The number of hydrogen-bond donors (Lipinski definition) is 0. The van der Waals surface area contributed by atoms with E-state index in [0.717, 1.165) is 0 Å². The smallest absolute Gasteiger partial charge is 0.228 e. The van der Waals surface area contributed by atoms with Crippen LogP contribution in [0.4, 0.5) is 5.69 Å². The third kappa shape index (κ3) is 3.55. The highest BCUT2D eigenvalue weighted by Gasteiger charge is 2.41. The molecule has 0 unspecified atom stereocenters. The van der Waals surface area contributed by atoms with E-state index < -0.39 is 15.8 Å². The molecule has 9 heteroatoms. The van der Waals surface area contributed by atoms with Crippen molar-refractivity contribution in [3.8, 4) is 11.5 Å². The molecule has 3 heterocycles. The van der Waals surface area contributed by atoms with Gasteiger partial charge in [-0.1, -0.05) is 0 Å². The molecule has 152 valence electrons. The van der Waals surface area contributed by atoms with E-state index in [-0.39, 0.29) is 42.3 Å². The molecular formula is C19H24N2O6S. The molecule has 8 nitrogen and oxygen atoms in total. The first-order chi connectivity index (χ1) is 13.4. The molecular weight excluding hydrogens is 384 g/mol. The van der Waals surface area contributed by atoms with Crippen molar-refractivity contribution >= 4 is 27.3 Å². The summed E-state index contributed by atoms with van der Waals surface area (Å²) >= 11 is 0. The molecule has 1 aromatic rings. The first-order valence-electron chi connectivity index (χ1n) is 9.59. The van der Waals surface area contributed by atoms with Crippen LogP contribution in [-0.2, 0) is 19.4 Å². The Kier molecular flexibility index (Phi) is 4.95. The summed E-state index contributed by atoms with van der Waals surface area (Å²) in [4.78, 5) is 28.8. The summed E-state index contributed by atoms with van der Waals surface area (Å²) in [5, 5.41) is 0. The van der Waals surface area contributed by atoms with Crippen molar-refractivity contribution < 1.29 is 27.5 Å². The number of nitrogens with zero attached hydrogens (tertiary/aromatic N) is 2. The number of amides is 2. The maximum absolute atomic E-state index is 13.0. The summed E-state index contributed by atoms with van der Waals surface area (Å²) < 4.78 is 34.7. The number of carbonyl (C=O) groups is 2. The highest BCUT2D eigenvalue weighted by atomic mass is 32.2. The topological polar surface area (TPSA) is 93.2 Å². The zero-order chi connectivity index (χ0) is 19.9. The molecule has 2 atom stereocenters. The van der Waals surface area contributed by atoms with Crippen molar-refractivity contribution in [1.29, 1.82) is 0 Å². The van der Waals surface area contributed by atoms with E-state index in [4.69, 9.17) is 9.47 Å². The summed E-state index contributed by atoms with van der Waals surface area (Å²) in [7, 11) is -3.08. The van der Waals surface area contributed by atoms with E-state index in [1.54, 1.807) is 28.0 Å². The van der Waals surface area contributed by atoms with Gasteiger partial charge in [-0.15, -0.1) is 0 Å². The minimum atomic E-state index is -3.08. The number of carbonyl (C=O) groups excluding carboxylic acids is 2. The van der Waals surface area contributed by atoms with Crippen LogP contribution in [0, 0.1) is 5.92 Å². The van der Waals surface area contributed by atoms with Gasteiger partial charge in [-0.25, -0.2) is 8.42 Å². The molecule has 28 heavy (non-hydrogen) atoms. The first-order valence-corrected chi connectivity index (χ1v) is 11.4. The van der Waals surface area contributed by atoms with Gasteiger partial charge in [0.1, 0.15) is 13.2 Å². The van der Waals surface area contributed by atoms with Gasteiger partial charge >= 0.3 is 0 Å². The zero-order valence-electron chi connectivity index (χ0n) is 15.8. The van der Waals surface area contributed by atoms with Crippen molar-refractivity contribution in [2.45, 2.75) is 25.8 Å². The van der Waals surface area contributed by atoms with Crippen molar-refractivity contribution in [3.63, 3.8) is 0 Å². The second-order valence-electron chi connectivity index (χ2n) is 7.41. The SMILES string of the molecule is CCN(C(=O)[C@@H]1CC(=O)N(c2ccc3c(c2)OCCO3)C1)[C@@H]1CCS(=O)(=O)C1. The molecule has 0 spiro atoms. The Morgan fingerprint density at radius 1 is 1.25 bits per heavy atom. The molecule has 0 aliphatic carbocycles. The van der Waals surface area contributed by atoms with E-state index in [0.29, 0.717) is 43.4 Å². The third-order valence-electron chi connectivity index (χ3n) is 5.58. The molecule has 3 aliphatic rings. The zero-order valence-corrected chi connectivity index (χ0v) is 16.6. The molecule has 0 aromatic heterocycles. The summed E-state index contributed by atoms with van der Waals surface area (Å²) in [5.74, 6) is 0.645. The average Bonchev–Trinajstić information content (AvgIpc) is 3.24. The van der Waals surface area contributed by atoms with Crippen LogP contribution in [0.5, 0.6) is 11.5 Å². The molecule has 2 fully saturated rings. The lowest BCUT2D eigenvalue weighted by Crippen LogP contribution is -2.44. The molecule has 4 rings (SSSR count). The van der Waals surface area contributed by atoms with Gasteiger partial charge in [0.25, 0.3) is 0 Å². The number of hydrogen-bond acceptors (Lipinski definition) is 6. The number of sulfone groups is 1. The molecule has 0 saturated carbocycles. The number of rotatable bonds is 4. The molecule has 2 amide bonds. The Morgan fingerprint density at radius 2 is 2.00 bits per heavy atom. The quantitative estimate of drug-likeness (QED) is 0.733. The van der Waals surface area contributed by atoms with E-state index >= 15 is 0 Å². The van der Waals surface area contributed by atoms with Crippen LogP contribution in [-0.4, -0.2) is 69.0 Å². The second kappa shape index (κ2) is 7.27. The Bertz CT molecular complexity index is 900. The molecule has 0 N–H and O–H groups in total. The van der Waals surface area contributed by atoms with Gasteiger partial charge < -0.3 is 19.3 Å². The van der Waals surface area contributed by atoms with Crippen LogP contribution in [0.25, 0.3) is 0 Å². The second-order valence-corrected chi connectivity index (χ2v) is 9.64. The van der Waals surface area contributed by atoms with Crippen molar-refractivity contribution in [3.05, 3.63) is 18.2 Å². The monoisotopic (exact) mass is 408 g/mol. The van der Waals surface area contributed by atoms with E-state index in [9.17, 15) is 18.0 Å². The molecule has 3 aliphatic heterocycles. The van der Waals surface area contributed by atoms with E-state index in [1.807, 2.05) is 6.92 Å². The first kappa shape index (κ1) is 19.0. The molecule has 0 radical (unpaired) electrons. The van der Waals surface area contributed by atoms with Gasteiger partial charge in [0.2, 0.25) is 11.8 Å². The minimum Gasteiger partial charge on any atom is -0.486 e. The van der Waals surface area contributed by atoms with Crippen molar-refractivity contribution in [1.82, 2.24) is 4.90 Å². The number of ether oxygens (including phenoxy) is 2. The van der Waals surface area contributed by atoms with Crippen LogP contribution in [0.3, 0.4) is 0 Å². The maximum atomic E-state index is 13.0. The normalized spacial score (nSPS) is 25.8. The number of anilines is 1. The summed E-state index contributed by atoms with van der Waals surface area (Å²) in [6.07, 6.45) is 0.595. The van der Waals surface area contributed by atoms with Gasteiger partial charge in [0, 0.05) is 37.3 Å². The van der Waals surface area contributed by atoms with Gasteiger partial charge in [-0.05, 0) is 25.5 Å². The highest BCUT2D eigenvalue weighted by molar-refractivity contribution is 7.91. The van der Waals surface area contributed by atoms with E-state index in [1.165, 1.54) is 0 Å². The van der Waals surface area contributed by atoms with Crippen LogP contribution in [0.2, 0.25) is 0 Å². The third-order valence-corrected chi connectivity index (χ3v) is 7.33. The van der Waals surface area contributed by atoms with Crippen molar-refractivity contribution in [2.24, 2.45) is 5.92 Å². The minimum absolute atomic E-state index is 0.0130. The Hall–Kier alpha value is -2.29. The largest absolute Gasteiger partial charge is 0.486 e. The van der Waals surface area contributed by atoms with Gasteiger partial charge in [-0.2, -0.15) is 0 Å². The van der Waals surface area contributed by atoms with Crippen LogP contribution in [0.1, 0.15) is 19.8 Å². The average molecular weight is 408 g/mol. The number of fused-ring (bicyclic) bond motifs is 1.